The Bertz CT molecular complexity index is 1070. The van der Waals surface area contributed by atoms with Gasteiger partial charge in [0.15, 0.2) is 5.89 Å². The zero-order chi connectivity index (χ0) is 21.3. The standard InChI is InChI=1S/C22H22N4O4/c1-13-20(30-14(2)25-13)22(28)26-9-10-29-19(12-26)18-8-7-17(11-24-18)15-3-5-16(6-4-15)21(23)27/h3-8,11,19H,9-10,12H2,1-2H3,(H2,23,27). The zero-order valence-corrected chi connectivity index (χ0v) is 16.8. The summed E-state index contributed by atoms with van der Waals surface area (Å²) in [4.78, 5) is 34.4. The fourth-order valence-corrected chi connectivity index (χ4v) is 3.48. The molecule has 2 N–H and O–H groups in total. The molecular weight excluding hydrogens is 384 g/mol. The fraction of sp³-hybridized carbons (Fsp3) is 0.273. The van der Waals surface area contributed by atoms with Crippen molar-refractivity contribution >= 4 is 11.8 Å². The molecule has 3 aromatic rings. The normalized spacial score (nSPS) is 16.5. The van der Waals surface area contributed by atoms with Gasteiger partial charge in [0.1, 0.15) is 6.10 Å². The second-order valence-corrected chi connectivity index (χ2v) is 7.17. The van der Waals surface area contributed by atoms with Crippen LogP contribution in [0.3, 0.4) is 0 Å². The van der Waals surface area contributed by atoms with E-state index in [0.29, 0.717) is 36.8 Å². The minimum atomic E-state index is -0.459. The molecule has 1 unspecified atom stereocenters. The molecule has 8 nitrogen and oxygen atoms in total. The molecule has 0 radical (unpaired) electrons. The minimum Gasteiger partial charge on any atom is -0.436 e. The Labute approximate surface area is 173 Å². The number of pyridine rings is 1. The molecule has 0 aliphatic carbocycles. The van der Waals surface area contributed by atoms with Crippen LogP contribution in [0.4, 0.5) is 0 Å². The molecule has 1 aliphatic heterocycles. The van der Waals surface area contributed by atoms with Crippen LogP contribution < -0.4 is 5.73 Å². The first kappa shape index (κ1) is 19.8. The number of oxazole rings is 1. The fourth-order valence-electron chi connectivity index (χ4n) is 3.48. The van der Waals surface area contributed by atoms with Gasteiger partial charge in [0.25, 0.3) is 5.91 Å². The lowest BCUT2D eigenvalue weighted by Gasteiger charge is -2.32. The highest BCUT2D eigenvalue weighted by molar-refractivity contribution is 5.93. The molecule has 1 saturated heterocycles. The van der Waals surface area contributed by atoms with Crippen LogP contribution in [-0.2, 0) is 4.74 Å². The SMILES string of the molecule is Cc1nc(C)c(C(=O)N2CCOC(c3ccc(-c4ccc(C(N)=O)cc4)cn3)C2)o1. The van der Waals surface area contributed by atoms with Gasteiger partial charge in [0, 0.05) is 30.8 Å². The van der Waals surface area contributed by atoms with Crippen LogP contribution in [-0.4, -0.2) is 46.4 Å². The summed E-state index contributed by atoms with van der Waals surface area (Å²) in [5.74, 6) is 0.101. The molecule has 2 aromatic heterocycles. The summed E-state index contributed by atoms with van der Waals surface area (Å²) < 4.78 is 11.3. The van der Waals surface area contributed by atoms with Gasteiger partial charge in [-0.3, -0.25) is 14.6 Å². The van der Waals surface area contributed by atoms with Gasteiger partial charge in [0.2, 0.25) is 11.7 Å². The molecular formula is C22H22N4O4. The van der Waals surface area contributed by atoms with Crippen molar-refractivity contribution in [3.8, 4) is 11.1 Å². The molecule has 2 amide bonds. The number of benzene rings is 1. The Morgan fingerprint density at radius 1 is 1.10 bits per heavy atom. The Kier molecular flexibility index (Phi) is 5.33. The number of aromatic nitrogens is 2. The number of primary amides is 1. The lowest BCUT2D eigenvalue weighted by Crippen LogP contribution is -2.42. The van der Waals surface area contributed by atoms with Crippen LogP contribution in [0, 0.1) is 13.8 Å². The first-order valence-corrected chi connectivity index (χ1v) is 9.63. The van der Waals surface area contributed by atoms with Crippen molar-refractivity contribution in [2.45, 2.75) is 20.0 Å². The predicted molar refractivity (Wildman–Crippen MR) is 109 cm³/mol. The van der Waals surface area contributed by atoms with Gasteiger partial charge in [-0.25, -0.2) is 4.98 Å². The van der Waals surface area contributed by atoms with Gasteiger partial charge in [-0.2, -0.15) is 0 Å². The Morgan fingerprint density at radius 3 is 2.43 bits per heavy atom. The number of rotatable bonds is 4. The summed E-state index contributed by atoms with van der Waals surface area (Å²) in [6, 6.07) is 10.9. The van der Waals surface area contributed by atoms with Crippen molar-refractivity contribution in [2.75, 3.05) is 19.7 Å². The van der Waals surface area contributed by atoms with Gasteiger partial charge >= 0.3 is 0 Å². The van der Waals surface area contributed by atoms with Crippen molar-refractivity contribution in [3.05, 3.63) is 71.2 Å². The predicted octanol–water partition coefficient (Wildman–Crippen LogP) is 2.67. The lowest BCUT2D eigenvalue weighted by atomic mass is 10.0. The van der Waals surface area contributed by atoms with Crippen LogP contribution in [0.5, 0.6) is 0 Å². The van der Waals surface area contributed by atoms with Gasteiger partial charge < -0.3 is 19.8 Å². The molecule has 1 atom stereocenters. The van der Waals surface area contributed by atoms with Crippen LogP contribution in [0.2, 0.25) is 0 Å². The van der Waals surface area contributed by atoms with Crippen LogP contribution in [0.15, 0.2) is 47.0 Å². The first-order valence-electron chi connectivity index (χ1n) is 9.63. The van der Waals surface area contributed by atoms with E-state index in [2.05, 4.69) is 9.97 Å². The zero-order valence-electron chi connectivity index (χ0n) is 16.8. The maximum atomic E-state index is 12.8. The average Bonchev–Trinajstić information content (AvgIpc) is 3.11. The Balaban J connectivity index is 1.48. The molecule has 0 spiro atoms. The van der Waals surface area contributed by atoms with Crippen molar-refractivity contribution in [2.24, 2.45) is 5.73 Å². The molecule has 3 heterocycles. The summed E-state index contributed by atoms with van der Waals surface area (Å²) in [5.41, 5.74) is 8.91. The smallest absolute Gasteiger partial charge is 0.291 e. The van der Waals surface area contributed by atoms with Crippen LogP contribution in [0.1, 0.15) is 44.3 Å². The van der Waals surface area contributed by atoms with Crippen molar-refractivity contribution in [1.82, 2.24) is 14.9 Å². The highest BCUT2D eigenvalue weighted by Crippen LogP contribution is 2.25. The number of morpholine rings is 1. The van der Waals surface area contributed by atoms with Crippen molar-refractivity contribution in [1.29, 1.82) is 0 Å². The largest absolute Gasteiger partial charge is 0.436 e. The Hall–Kier alpha value is -3.52. The third-order valence-electron chi connectivity index (χ3n) is 5.07. The van der Waals surface area contributed by atoms with E-state index in [1.807, 2.05) is 24.3 Å². The maximum absolute atomic E-state index is 12.8. The van der Waals surface area contributed by atoms with E-state index in [9.17, 15) is 9.59 Å². The number of carbonyl (C=O) groups excluding carboxylic acids is 2. The molecule has 0 saturated carbocycles. The van der Waals surface area contributed by atoms with E-state index in [4.69, 9.17) is 14.9 Å². The molecule has 1 aliphatic rings. The highest BCUT2D eigenvalue weighted by atomic mass is 16.5. The Morgan fingerprint density at radius 2 is 1.83 bits per heavy atom. The van der Waals surface area contributed by atoms with Crippen molar-refractivity contribution < 1.29 is 18.7 Å². The van der Waals surface area contributed by atoms with Gasteiger partial charge in [-0.05, 0) is 30.7 Å². The van der Waals surface area contributed by atoms with E-state index < -0.39 is 5.91 Å². The second kappa shape index (κ2) is 8.08. The topological polar surface area (TPSA) is 112 Å². The van der Waals surface area contributed by atoms with E-state index in [-0.39, 0.29) is 17.8 Å². The summed E-state index contributed by atoms with van der Waals surface area (Å²) in [7, 11) is 0. The van der Waals surface area contributed by atoms with Gasteiger partial charge in [0.05, 0.1) is 24.5 Å². The summed E-state index contributed by atoms with van der Waals surface area (Å²) in [6.07, 6.45) is 1.43. The quantitative estimate of drug-likeness (QED) is 0.713. The summed E-state index contributed by atoms with van der Waals surface area (Å²) in [5, 5.41) is 0. The lowest BCUT2D eigenvalue weighted by molar-refractivity contribution is -0.0257. The highest BCUT2D eigenvalue weighted by Gasteiger charge is 2.29. The number of nitrogens with zero attached hydrogens (tertiary/aromatic N) is 3. The number of hydrogen-bond donors (Lipinski definition) is 1. The van der Waals surface area contributed by atoms with E-state index in [1.165, 1.54) is 0 Å². The number of aryl methyl sites for hydroxylation is 2. The third-order valence-corrected chi connectivity index (χ3v) is 5.07. The molecule has 30 heavy (non-hydrogen) atoms. The number of ether oxygens (including phenoxy) is 1. The average molecular weight is 406 g/mol. The number of carbonyl (C=O) groups is 2. The van der Waals surface area contributed by atoms with E-state index >= 15 is 0 Å². The minimum absolute atomic E-state index is 0.187. The van der Waals surface area contributed by atoms with Gasteiger partial charge in [-0.15, -0.1) is 0 Å². The number of hydrogen-bond acceptors (Lipinski definition) is 6. The van der Waals surface area contributed by atoms with Crippen LogP contribution >= 0.6 is 0 Å². The molecule has 0 bridgehead atoms. The molecule has 1 fully saturated rings. The number of nitrogens with two attached hydrogens (primary N) is 1. The van der Waals surface area contributed by atoms with Gasteiger partial charge in [-0.1, -0.05) is 18.2 Å². The van der Waals surface area contributed by atoms with E-state index in [0.717, 1.165) is 16.8 Å². The summed E-state index contributed by atoms with van der Waals surface area (Å²) >= 11 is 0. The summed E-state index contributed by atoms with van der Waals surface area (Å²) in [6.45, 7) is 4.77. The molecule has 1 aromatic carbocycles. The molecule has 154 valence electrons. The first-order chi connectivity index (χ1) is 14.4. The van der Waals surface area contributed by atoms with Crippen molar-refractivity contribution in [3.63, 3.8) is 0 Å². The maximum Gasteiger partial charge on any atom is 0.291 e. The van der Waals surface area contributed by atoms with E-state index in [1.54, 1.807) is 37.1 Å². The second-order valence-electron chi connectivity index (χ2n) is 7.17. The molecule has 4 rings (SSSR count). The monoisotopic (exact) mass is 406 g/mol. The number of amides is 2. The third kappa shape index (κ3) is 3.95. The van der Waals surface area contributed by atoms with Crippen LogP contribution in [0.25, 0.3) is 11.1 Å². The molecule has 8 heteroatoms.